The number of sulfonamides is 1. The van der Waals surface area contributed by atoms with Crippen molar-refractivity contribution in [2.24, 2.45) is 0 Å². The van der Waals surface area contributed by atoms with Gasteiger partial charge >= 0.3 is 0 Å². The zero-order chi connectivity index (χ0) is 13.3. The average molecular weight is 270 g/mol. The third-order valence-electron chi connectivity index (χ3n) is 3.11. The highest BCUT2D eigenvalue weighted by molar-refractivity contribution is 7.89. The van der Waals surface area contributed by atoms with Gasteiger partial charge in [-0.15, -0.1) is 0 Å². The minimum atomic E-state index is -3.44. The van der Waals surface area contributed by atoms with Crippen molar-refractivity contribution in [2.75, 3.05) is 19.8 Å². The monoisotopic (exact) mass is 270 g/mol. The van der Waals surface area contributed by atoms with E-state index < -0.39 is 10.0 Å². The zero-order valence-corrected chi connectivity index (χ0v) is 11.4. The van der Waals surface area contributed by atoms with Crippen molar-refractivity contribution in [2.45, 2.75) is 30.3 Å². The lowest BCUT2D eigenvalue weighted by molar-refractivity contribution is 0.121. The molecule has 1 aromatic carbocycles. The molecule has 100 valence electrons. The van der Waals surface area contributed by atoms with Gasteiger partial charge < -0.3 is 10.5 Å². The van der Waals surface area contributed by atoms with Gasteiger partial charge in [0.15, 0.2) is 0 Å². The predicted molar refractivity (Wildman–Crippen MR) is 70.0 cm³/mol. The topological polar surface area (TPSA) is 72.6 Å². The van der Waals surface area contributed by atoms with Crippen LogP contribution in [0.3, 0.4) is 0 Å². The van der Waals surface area contributed by atoms with Crippen LogP contribution < -0.4 is 10.5 Å². The highest BCUT2D eigenvalue weighted by atomic mass is 32.2. The zero-order valence-electron chi connectivity index (χ0n) is 10.6. The van der Waals surface area contributed by atoms with Gasteiger partial charge in [0.1, 0.15) is 5.75 Å². The Kier molecular flexibility index (Phi) is 3.49. The summed E-state index contributed by atoms with van der Waals surface area (Å²) in [6.07, 6.45) is 3.48. The minimum absolute atomic E-state index is 0.186. The van der Waals surface area contributed by atoms with E-state index in [0.29, 0.717) is 11.4 Å². The van der Waals surface area contributed by atoms with E-state index in [-0.39, 0.29) is 11.0 Å². The van der Waals surface area contributed by atoms with Crippen LogP contribution >= 0.6 is 0 Å². The molecule has 0 spiro atoms. The smallest absolute Gasteiger partial charge is 0.242 e. The molecule has 0 radical (unpaired) electrons. The maximum Gasteiger partial charge on any atom is 0.242 e. The van der Waals surface area contributed by atoms with E-state index in [1.54, 1.807) is 6.07 Å². The molecule has 0 aromatic heterocycles. The van der Waals surface area contributed by atoms with Gasteiger partial charge in [0, 0.05) is 14.1 Å². The molecule has 18 heavy (non-hydrogen) atoms. The lowest BCUT2D eigenvalue weighted by atomic mass is 9.96. The van der Waals surface area contributed by atoms with Crippen LogP contribution in [0.25, 0.3) is 0 Å². The second-order valence-electron chi connectivity index (χ2n) is 4.66. The third kappa shape index (κ3) is 2.44. The molecule has 0 heterocycles. The number of hydrogen-bond donors (Lipinski definition) is 1. The van der Waals surface area contributed by atoms with E-state index in [1.807, 2.05) is 0 Å². The Labute approximate surface area is 108 Å². The summed E-state index contributed by atoms with van der Waals surface area (Å²) in [6, 6.07) is 4.60. The summed E-state index contributed by atoms with van der Waals surface area (Å²) in [7, 11) is -0.458. The molecule has 1 aromatic rings. The van der Waals surface area contributed by atoms with Gasteiger partial charge in [-0.1, -0.05) is 0 Å². The van der Waals surface area contributed by atoms with Crippen LogP contribution in [0.5, 0.6) is 5.75 Å². The fraction of sp³-hybridized carbons (Fsp3) is 0.500. The highest BCUT2D eigenvalue weighted by Crippen LogP contribution is 2.31. The quantitative estimate of drug-likeness (QED) is 0.840. The van der Waals surface area contributed by atoms with Crippen LogP contribution in [0.1, 0.15) is 19.3 Å². The molecule has 6 heteroatoms. The van der Waals surface area contributed by atoms with Crippen molar-refractivity contribution in [3.8, 4) is 5.75 Å². The molecule has 0 saturated heterocycles. The van der Waals surface area contributed by atoms with Crippen molar-refractivity contribution in [1.29, 1.82) is 0 Å². The third-order valence-corrected chi connectivity index (χ3v) is 4.92. The number of anilines is 1. The summed E-state index contributed by atoms with van der Waals surface area (Å²) in [5.74, 6) is 0.567. The molecule has 5 nitrogen and oxygen atoms in total. The molecular formula is C12H18N2O3S. The fourth-order valence-corrected chi connectivity index (χ4v) is 2.61. The van der Waals surface area contributed by atoms with Gasteiger partial charge in [-0.05, 0) is 37.5 Å². The number of rotatable bonds is 4. The molecular weight excluding hydrogens is 252 g/mol. The average Bonchev–Trinajstić information content (AvgIpc) is 2.24. The molecule has 0 aliphatic heterocycles. The van der Waals surface area contributed by atoms with Crippen LogP contribution in [-0.4, -0.2) is 32.9 Å². The fourth-order valence-electron chi connectivity index (χ4n) is 1.67. The maximum absolute atomic E-state index is 11.9. The highest BCUT2D eigenvalue weighted by Gasteiger charge is 2.22. The summed E-state index contributed by atoms with van der Waals surface area (Å²) < 4.78 is 30.7. The van der Waals surface area contributed by atoms with Crippen LogP contribution in [0, 0.1) is 0 Å². The number of nitrogens with two attached hydrogens (primary N) is 1. The van der Waals surface area contributed by atoms with Gasteiger partial charge in [0.2, 0.25) is 10.0 Å². The predicted octanol–water partition coefficient (Wildman–Crippen LogP) is 1.45. The second kappa shape index (κ2) is 4.78. The molecule has 1 fully saturated rings. The van der Waals surface area contributed by atoms with E-state index >= 15 is 0 Å². The van der Waals surface area contributed by atoms with Gasteiger partial charge in [-0.3, -0.25) is 0 Å². The molecule has 0 atom stereocenters. The number of ether oxygens (including phenoxy) is 1. The minimum Gasteiger partial charge on any atom is -0.488 e. The first-order chi connectivity index (χ1) is 8.41. The number of nitrogens with zero attached hydrogens (tertiary/aromatic N) is 1. The molecule has 0 bridgehead atoms. The Morgan fingerprint density at radius 3 is 2.44 bits per heavy atom. The Balaban J connectivity index is 2.24. The van der Waals surface area contributed by atoms with E-state index in [2.05, 4.69) is 0 Å². The van der Waals surface area contributed by atoms with Crippen molar-refractivity contribution in [1.82, 2.24) is 4.31 Å². The standard InChI is InChI=1S/C12H18N2O3S/c1-14(2)18(15,16)10-6-7-12(11(13)8-10)17-9-4-3-5-9/h6-9H,3-5,13H2,1-2H3. The van der Waals surface area contributed by atoms with Crippen LogP contribution in [0.2, 0.25) is 0 Å². The molecule has 1 saturated carbocycles. The second-order valence-corrected chi connectivity index (χ2v) is 6.81. The molecule has 1 aliphatic carbocycles. The Hall–Kier alpha value is -1.27. The maximum atomic E-state index is 11.9. The summed E-state index contributed by atoms with van der Waals surface area (Å²) in [4.78, 5) is 0.186. The normalized spacial score (nSPS) is 16.6. The summed E-state index contributed by atoms with van der Waals surface area (Å²) in [5.41, 5.74) is 6.20. The summed E-state index contributed by atoms with van der Waals surface area (Å²) in [6.45, 7) is 0. The summed E-state index contributed by atoms with van der Waals surface area (Å²) in [5, 5.41) is 0. The van der Waals surface area contributed by atoms with E-state index in [0.717, 1.165) is 17.1 Å². The summed E-state index contributed by atoms with van der Waals surface area (Å²) >= 11 is 0. The molecule has 1 aliphatic rings. The van der Waals surface area contributed by atoms with E-state index in [1.165, 1.54) is 32.6 Å². The van der Waals surface area contributed by atoms with Gasteiger partial charge in [0.05, 0.1) is 16.7 Å². The first kappa shape index (κ1) is 13.2. The van der Waals surface area contributed by atoms with E-state index in [4.69, 9.17) is 10.5 Å². The largest absolute Gasteiger partial charge is 0.488 e. The molecule has 2 rings (SSSR count). The van der Waals surface area contributed by atoms with Crippen molar-refractivity contribution in [3.63, 3.8) is 0 Å². The SMILES string of the molecule is CN(C)S(=O)(=O)c1ccc(OC2CCC2)c(N)c1. The van der Waals surface area contributed by atoms with Crippen LogP contribution in [0.4, 0.5) is 5.69 Å². The van der Waals surface area contributed by atoms with Gasteiger partial charge in [-0.2, -0.15) is 0 Å². The number of nitrogen functional groups attached to an aromatic ring is 1. The molecule has 0 unspecified atom stereocenters. The van der Waals surface area contributed by atoms with Crippen LogP contribution in [0.15, 0.2) is 23.1 Å². The van der Waals surface area contributed by atoms with Gasteiger partial charge in [-0.25, -0.2) is 12.7 Å². The first-order valence-electron chi connectivity index (χ1n) is 5.90. The Bertz CT molecular complexity index is 536. The number of hydrogen-bond acceptors (Lipinski definition) is 4. The van der Waals surface area contributed by atoms with Gasteiger partial charge in [0.25, 0.3) is 0 Å². The number of benzene rings is 1. The Morgan fingerprint density at radius 1 is 1.33 bits per heavy atom. The van der Waals surface area contributed by atoms with Crippen LogP contribution in [-0.2, 0) is 10.0 Å². The van der Waals surface area contributed by atoms with Crippen molar-refractivity contribution in [3.05, 3.63) is 18.2 Å². The Morgan fingerprint density at radius 2 is 2.00 bits per heavy atom. The molecule has 0 amide bonds. The lowest BCUT2D eigenvalue weighted by Crippen LogP contribution is -2.25. The van der Waals surface area contributed by atoms with E-state index in [9.17, 15) is 8.42 Å². The lowest BCUT2D eigenvalue weighted by Gasteiger charge is -2.27. The molecule has 2 N–H and O–H groups in total. The first-order valence-corrected chi connectivity index (χ1v) is 7.34. The van der Waals surface area contributed by atoms with Crippen molar-refractivity contribution >= 4 is 15.7 Å². The van der Waals surface area contributed by atoms with Crippen molar-refractivity contribution < 1.29 is 13.2 Å².